The molecular formula is C17H23FN2OS. The zero-order valence-electron chi connectivity index (χ0n) is 12.8. The lowest BCUT2D eigenvalue weighted by molar-refractivity contribution is -0.134. The third-order valence-electron chi connectivity index (χ3n) is 4.47. The molecule has 1 aromatic rings. The molecule has 0 saturated carbocycles. The predicted octanol–water partition coefficient (Wildman–Crippen LogP) is 2.61. The van der Waals surface area contributed by atoms with Crippen molar-refractivity contribution in [1.29, 1.82) is 0 Å². The van der Waals surface area contributed by atoms with Gasteiger partial charge in [0.15, 0.2) is 0 Å². The fourth-order valence-electron chi connectivity index (χ4n) is 3.25. The van der Waals surface area contributed by atoms with E-state index in [0.29, 0.717) is 5.91 Å². The Morgan fingerprint density at radius 2 is 2.00 bits per heavy atom. The fraction of sp³-hybridized carbons (Fsp3) is 0.588. The van der Waals surface area contributed by atoms with E-state index in [1.54, 1.807) is 0 Å². The number of nitrogens with zero attached hydrogens (tertiary/aromatic N) is 2. The smallest absolute Gasteiger partial charge is 0.227 e. The first kappa shape index (κ1) is 15.8. The predicted molar refractivity (Wildman–Crippen MR) is 88.3 cm³/mol. The number of hydrogen-bond donors (Lipinski definition) is 0. The Labute approximate surface area is 135 Å². The van der Waals surface area contributed by atoms with Gasteiger partial charge in [-0.15, -0.1) is 0 Å². The summed E-state index contributed by atoms with van der Waals surface area (Å²) in [4.78, 5) is 17.0. The van der Waals surface area contributed by atoms with Crippen molar-refractivity contribution in [3.8, 4) is 0 Å². The molecule has 5 heteroatoms. The molecule has 1 unspecified atom stereocenters. The van der Waals surface area contributed by atoms with E-state index in [9.17, 15) is 9.18 Å². The maximum atomic E-state index is 12.9. The topological polar surface area (TPSA) is 23.6 Å². The molecule has 1 atom stereocenters. The molecule has 0 aromatic heterocycles. The van der Waals surface area contributed by atoms with Crippen molar-refractivity contribution < 1.29 is 9.18 Å². The van der Waals surface area contributed by atoms with E-state index in [-0.39, 0.29) is 11.7 Å². The summed E-state index contributed by atoms with van der Waals surface area (Å²) in [5.74, 6) is 2.52. The summed E-state index contributed by atoms with van der Waals surface area (Å²) in [5, 5.41) is 0. The monoisotopic (exact) mass is 322 g/mol. The number of likely N-dealkylation sites (tertiary alicyclic amines) is 1. The summed E-state index contributed by atoms with van der Waals surface area (Å²) < 4.78 is 12.9. The van der Waals surface area contributed by atoms with E-state index < -0.39 is 0 Å². The Hall–Kier alpha value is -1.07. The molecule has 2 heterocycles. The molecular weight excluding hydrogens is 299 g/mol. The Morgan fingerprint density at radius 3 is 2.82 bits per heavy atom. The third kappa shape index (κ3) is 4.02. The second kappa shape index (κ2) is 7.47. The minimum absolute atomic E-state index is 0.142. The highest BCUT2D eigenvalue weighted by atomic mass is 32.2. The molecule has 22 heavy (non-hydrogen) atoms. The van der Waals surface area contributed by atoms with Crippen LogP contribution in [0.3, 0.4) is 0 Å². The summed E-state index contributed by atoms with van der Waals surface area (Å²) >= 11 is 1.95. The molecule has 2 aliphatic heterocycles. The van der Waals surface area contributed by atoms with Crippen LogP contribution in [0, 0.1) is 11.7 Å². The molecule has 0 spiro atoms. The van der Waals surface area contributed by atoms with Crippen molar-refractivity contribution in [3.63, 3.8) is 0 Å². The Bertz CT molecular complexity index is 500. The van der Waals surface area contributed by atoms with Crippen LogP contribution in [0.1, 0.15) is 18.4 Å². The molecule has 3 nitrogen and oxygen atoms in total. The van der Waals surface area contributed by atoms with Gasteiger partial charge in [0.25, 0.3) is 0 Å². The molecule has 2 aliphatic rings. The SMILES string of the molecule is O=C(C1CCN(Cc2ccc(F)cc2)C1)N1CCCSCC1. The minimum Gasteiger partial charge on any atom is -0.342 e. The first-order valence-corrected chi connectivity index (χ1v) is 9.21. The zero-order valence-corrected chi connectivity index (χ0v) is 13.7. The van der Waals surface area contributed by atoms with Crippen LogP contribution in [-0.4, -0.2) is 53.4 Å². The lowest BCUT2D eigenvalue weighted by atomic mass is 10.1. The second-order valence-electron chi connectivity index (χ2n) is 6.14. The number of hydrogen-bond acceptors (Lipinski definition) is 3. The third-order valence-corrected chi connectivity index (χ3v) is 5.52. The average Bonchev–Trinajstić information content (AvgIpc) is 2.82. The van der Waals surface area contributed by atoms with Crippen LogP contribution in [0.2, 0.25) is 0 Å². The van der Waals surface area contributed by atoms with Crippen LogP contribution in [0.15, 0.2) is 24.3 Å². The zero-order chi connectivity index (χ0) is 15.4. The number of carbonyl (C=O) groups is 1. The van der Waals surface area contributed by atoms with Gasteiger partial charge in [-0.3, -0.25) is 9.69 Å². The van der Waals surface area contributed by atoms with E-state index in [4.69, 9.17) is 0 Å². The first-order valence-electron chi connectivity index (χ1n) is 8.06. The lowest BCUT2D eigenvalue weighted by Gasteiger charge is -2.24. The van der Waals surface area contributed by atoms with Crippen LogP contribution in [-0.2, 0) is 11.3 Å². The van der Waals surface area contributed by atoms with Crippen LogP contribution in [0.25, 0.3) is 0 Å². The van der Waals surface area contributed by atoms with Crippen molar-refractivity contribution in [2.45, 2.75) is 19.4 Å². The molecule has 0 radical (unpaired) electrons. The maximum absolute atomic E-state index is 12.9. The number of carbonyl (C=O) groups excluding carboxylic acids is 1. The molecule has 2 fully saturated rings. The van der Waals surface area contributed by atoms with Crippen molar-refractivity contribution >= 4 is 17.7 Å². The summed E-state index contributed by atoms with van der Waals surface area (Å²) in [7, 11) is 0. The van der Waals surface area contributed by atoms with Crippen LogP contribution < -0.4 is 0 Å². The molecule has 0 N–H and O–H groups in total. The van der Waals surface area contributed by atoms with Gasteiger partial charge in [0, 0.05) is 31.9 Å². The number of thioether (sulfide) groups is 1. The molecule has 2 saturated heterocycles. The van der Waals surface area contributed by atoms with Crippen molar-refractivity contribution in [3.05, 3.63) is 35.6 Å². The van der Waals surface area contributed by atoms with Gasteiger partial charge in [0.2, 0.25) is 5.91 Å². The van der Waals surface area contributed by atoms with E-state index in [2.05, 4.69) is 9.80 Å². The normalized spacial score (nSPS) is 23.5. The number of amides is 1. The van der Waals surface area contributed by atoms with E-state index in [1.165, 1.54) is 17.9 Å². The summed E-state index contributed by atoms with van der Waals surface area (Å²) in [6.45, 7) is 4.41. The summed E-state index contributed by atoms with van der Waals surface area (Å²) in [6.07, 6.45) is 2.06. The highest BCUT2D eigenvalue weighted by Crippen LogP contribution is 2.22. The number of halogens is 1. The van der Waals surface area contributed by atoms with Gasteiger partial charge in [0.05, 0.1) is 5.92 Å². The standard InChI is InChI=1S/C17H23FN2OS/c18-16-4-2-14(3-5-16)12-19-8-6-15(13-19)17(21)20-7-1-10-22-11-9-20/h2-5,15H,1,6-13H2. The summed E-state index contributed by atoms with van der Waals surface area (Å²) in [5.41, 5.74) is 1.11. The minimum atomic E-state index is -0.197. The van der Waals surface area contributed by atoms with E-state index >= 15 is 0 Å². The Kier molecular flexibility index (Phi) is 5.37. The average molecular weight is 322 g/mol. The molecule has 0 aliphatic carbocycles. The van der Waals surface area contributed by atoms with Gasteiger partial charge < -0.3 is 4.90 Å². The highest BCUT2D eigenvalue weighted by molar-refractivity contribution is 7.99. The van der Waals surface area contributed by atoms with Gasteiger partial charge in [-0.2, -0.15) is 11.8 Å². The van der Waals surface area contributed by atoms with E-state index in [0.717, 1.165) is 56.9 Å². The lowest BCUT2D eigenvalue weighted by Crippen LogP contribution is -2.38. The molecule has 0 bridgehead atoms. The van der Waals surface area contributed by atoms with E-state index in [1.807, 2.05) is 23.9 Å². The number of rotatable bonds is 3. The molecule has 1 aromatic carbocycles. The Morgan fingerprint density at radius 1 is 1.18 bits per heavy atom. The largest absolute Gasteiger partial charge is 0.342 e. The van der Waals surface area contributed by atoms with Crippen molar-refractivity contribution in [2.24, 2.45) is 5.92 Å². The van der Waals surface area contributed by atoms with Crippen LogP contribution >= 0.6 is 11.8 Å². The summed E-state index contributed by atoms with van der Waals surface area (Å²) in [6, 6.07) is 6.67. The van der Waals surface area contributed by atoms with Gasteiger partial charge in [-0.25, -0.2) is 4.39 Å². The van der Waals surface area contributed by atoms with Gasteiger partial charge >= 0.3 is 0 Å². The van der Waals surface area contributed by atoms with Gasteiger partial charge in [-0.1, -0.05) is 12.1 Å². The Balaban J connectivity index is 1.52. The maximum Gasteiger partial charge on any atom is 0.227 e. The molecule has 1 amide bonds. The highest BCUT2D eigenvalue weighted by Gasteiger charge is 2.31. The van der Waals surface area contributed by atoms with Gasteiger partial charge in [0.1, 0.15) is 5.82 Å². The van der Waals surface area contributed by atoms with Gasteiger partial charge in [-0.05, 0) is 42.8 Å². The van der Waals surface area contributed by atoms with Crippen molar-refractivity contribution in [2.75, 3.05) is 37.7 Å². The molecule has 120 valence electrons. The fourth-order valence-corrected chi connectivity index (χ4v) is 4.14. The van der Waals surface area contributed by atoms with Crippen molar-refractivity contribution in [1.82, 2.24) is 9.80 Å². The van der Waals surface area contributed by atoms with Crippen LogP contribution in [0.4, 0.5) is 4.39 Å². The second-order valence-corrected chi connectivity index (χ2v) is 7.36. The number of benzene rings is 1. The molecule has 3 rings (SSSR count). The first-order chi connectivity index (χ1) is 10.7. The van der Waals surface area contributed by atoms with Crippen LogP contribution in [0.5, 0.6) is 0 Å². The quantitative estimate of drug-likeness (QED) is 0.855.